The van der Waals surface area contributed by atoms with E-state index < -0.39 is 0 Å². The van der Waals surface area contributed by atoms with E-state index in [-0.39, 0.29) is 5.43 Å². The zero-order valence-corrected chi connectivity index (χ0v) is 13.5. The minimum absolute atomic E-state index is 0.157. The molecule has 0 aliphatic heterocycles. The third-order valence-corrected chi connectivity index (χ3v) is 4.05. The van der Waals surface area contributed by atoms with E-state index in [4.69, 9.17) is 0 Å². The number of H-pyrrole nitrogens is 1. The molecule has 0 unspecified atom stereocenters. The van der Waals surface area contributed by atoms with Crippen molar-refractivity contribution in [3.8, 4) is 0 Å². The van der Waals surface area contributed by atoms with Crippen LogP contribution in [0.2, 0.25) is 0 Å². The number of rotatable bonds is 4. The molecule has 0 saturated carbocycles. The fourth-order valence-corrected chi connectivity index (χ4v) is 2.62. The summed E-state index contributed by atoms with van der Waals surface area (Å²) in [5.74, 6) is 0.537. The van der Waals surface area contributed by atoms with Crippen molar-refractivity contribution in [3.63, 3.8) is 0 Å². The summed E-state index contributed by atoms with van der Waals surface area (Å²) in [5, 5.41) is 0. The molecule has 2 rings (SSSR count). The second kappa shape index (κ2) is 6.75. The van der Waals surface area contributed by atoms with Gasteiger partial charge in [-0.2, -0.15) is 0 Å². The molecule has 2 heteroatoms. The molecule has 1 N–H and O–H groups in total. The molecular weight excluding hydrogens is 258 g/mol. The first-order valence-corrected chi connectivity index (χ1v) is 7.83. The number of aromatic nitrogens is 1. The molecule has 1 aliphatic carbocycles. The minimum Gasteiger partial charge on any atom is -0.355 e. The Morgan fingerprint density at radius 2 is 2.14 bits per heavy atom. The number of allylic oxidation sites excluding steroid dienone is 5. The highest BCUT2D eigenvalue weighted by Gasteiger charge is 2.16. The molecule has 2 nitrogen and oxygen atoms in total. The summed E-state index contributed by atoms with van der Waals surface area (Å²) in [6.45, 7) is 8.56. The first-order valence-electron chi connectivity index (χ1n) is 7.83. The quantitative estimate of drug-likeness (QED) is 0.796. The fraction of sp³-hybridized carbons (Fsp3) is 0.421. The van der Waals surface area contributed by atoms with Gasteiger partial charge >= 0.3 is 0 Å². The minimum atomic E-state index is 0.157. The van der Waals surface area contributed by atoms with Crippen molar-refractivity contribution in [2.75, 3.05) is 0 Å². The number of hydrogen-bond acceptors (Lipinski definition) is 1. The van der Waals surface area contributed by atoms with Crippen molar-refractivity contribution in [1.82, 2.24) is 4.98 Å². The number of fused-ring (bicyclic) bond motifs is 1. The van der Waals surface area contributed by atoms with Crippen LogP contribution in [0, 0.1) is 5.92 Å². The third kappa shape index (κ3) is 3.63. The molecule has 0 spiro atoms. The molecule has 21 heavy (non-hydrogen) atoms. The SMILES string of the molecule is CC/C=C\C=C(/C)c1cc(=O)c2c([nH]1)C=C(C(C)C)CC2. The van der Waals surface area contributed by atoms with Crippen molar-refractivity contribution in [1.29, 1.82) is 0 Å². The molecule has 1 heterocycles. The van der Waals surface area contributed by atoms with Gasteiger partial charge in [-0.1, -0.05) is 44.6 Å². The van der Waals surface area contributed by atoms with E-state index in [0.29, 0.717) is 5.92 Å². The van der Waals surface area contributed by atoms with Gasteiger partial charge in [0, 0.05) is 23.0 Å². The highest BCUT2D eigenvalue weighted by atomic mass is 16.1. The summed E-state index contributed by atoms with van der Waals surface area (Å²) in [6.07, 6.45) is 11.2. The molecular formula is C19H25NO. The lowest BCUT2D eigenvalue weighted by Gasteiger charge is -2.19. The second-order valence-corrected chi connectivity index (χ2v) is 6.00. The first kappa shape index (κ1) is 15.6. The zero-order chi connectivity index (χ0) is 15.4. The van der Waals surface area contributed by atoms with E-state index in [9.17, 15) is 4.79 Å². The lowest BCUT2D eigenvalue weighted by molar-refractivity contribution is 0.705. The van der Waals surface area contributed by atoms with Crippen LogP contribution < -0.4 is 5.43 Å². The molecule has 1 aromatic rings. The number of aromatic amines is 1. The summed E-state index contributed by atoms with van der Waals surface area (Å²) in [7, 11) is 0. The van der Waals surface area contributed by atoms with Gasteiger partial charge < -0.3 is 4.98 Å². The van der Waals surface area contributed by atoms with Gasteiger partial charge in [0.15, 0.2) is 5.43 Å². The predicted octanol–water partition coefficient (Wildman–Crippen LogP) is 4.73. The molecule has 112 valence electrons. The maximum absolute atomic E-state index is 12.3. The van der Waals surface area contributed by atoms with Crippen LogP contribution in [0.25, 0.3) is 11.6 Å². The molecule has 0 amide bonds. The van der Waals surface area contributed by atoms with E-state index in [1.165, 1.54) is 5.57 Å². The Morgan fingerprint density at radius 1 is 1.38 bits per heavy atom. The van der Waals surface area contributed by atoms with Crippen LogP contribution in [0.1, 0.15) is 57.5 Å². The second-order valence-electron chi connectivity index (χ2n) is 6.00. The summed E-state index contributed by atoms with van der Waals surface area (Å²) in [6, 6.07) is 1.73. The van der Waals surface area contributed by atoms with Gasteiger partial charge in [-0.15, -0.1) is 0 Å². The average Bonchev–Trinajstić information content (AvgIpc) is 2.46. The van der Waals surface area contributed by atoms with Gasteiger partial charge in [0.1, 0.15) is 0 Å². The van der Waals surface area contributed by atoms with Gasteiger partial charge in [0.05, 0.1) is 0 Å². The van der Waals surface area contributed by atoms with E-state index in [2.05, 4.69) is 44.0 Å². The highest BCUT2D eigenvalue weighted by molar-refractivity contribution is 5.65. The van der Waals surface area contributed by atoms with Crippen molar-refractivity contribution in [2.45, 2.75) is 47.0 Å². The Morgan fingerprint density at radius 3 is 2.81 bits per heavy atom. The van der Waals surface area contributed by atoms with Gasteiger partial charge in [-0.3, -0.25) is 4.79 Å². The topological polar surface area (TPSA) is 32.9 Å². The van der Waals surface area contributed by atoms with Gasteiger partial charge in [0.2, 0.25) is 0 Å². The molecule has 0 fully saturated rings. The predicted molar refractivity (Wildman–Crippen MR) is 91.3 cm³/mol. The van der Waals surface area contributed by atoms with E-state index >= 15 is 0 Å². The molecule has 0 aromatic carbocycles. The summed E-state index contributed by atoms with van der Waals surface area (Å²) in [5.41, 5.74) is 5.51. The fourth-order valence-electron chi connectivity index (χ4n) is 2.62. The number of pyridine rings is 1. The first-order chi connectivity index (χ1) is 10.0. The molecule has 1 aromatic heterocycles. The summed E-state index contributed by atoms with van der Waals surface area (Å²) in [4.78, 5) is 15.7. The Kier molecular flexibility index (Phi) is 5.00. The number of nitrogens with one attached hydrogen (secondary N) is 1. The van der Waals surface area contributed by atoms with Gasteiger partial charge in [0.25, 0.3) is 0 Å². The maximum Gasteiger partial charge on any atom is 0.185 e. The third-order valence-electron chi connectivity index (χ3n) is 4.05. The van der Waals surface area contributed by atoms with Gasteiger partial charge in [-0.25, -0.2) is 0 Å². The van der Waals surface area contributed by atoms with Crippen molar-refractivity contribution in [2.24, 2.45) is 5.92 Å². The van der Waals surface area contributed by atoms with Crippen molar-refractivity contribution in [3.05, 3.63) is 57.0 Å². The lowest BCUT2D eigenvalue weighted by Crippen LogP contribution is -2.17. The van der Waals surface area contributed by atoms with Crippen LogP contribution in [0.3, 0.4) is 0 Å². The summed E-state index contributed by atoms with van der Waals surface area (Å²) < 4.78 is 0. The van der Waals surface area contributed by atoms with Crippen LogP contribution in [0.4, 0.5) is 0 Å². The average molecular weight is 283 g/mol. The maximum atomic E-state index is 12.3. The van der Waals surface area contributed by atoms with E-state index in [1.807, 2.05) is 13.0 Å². The Balaban J connectivity index is 2.43. The largest absolute Gasteiger partial charge is 0.355 e. The Hall–Kier alpha value is -1.83. The zero-order valence-electron chi connectivity index (χ0n) is 13.5. The normalized spacial score (nSPS) is 15.5. The van der Waals surface area contributed by atoms with Crippen LogP contribution in [-0.2, 0) is 6.42 Å². The Bertz CT molecular complexity index is 657. The van der Waals surface area contributed by atoms with Gasteiger partial charge in [-0.05, 0) is 43.8 Å². The highest BCUT2D eigenvalue weighted by Crippen LogP contribution is 2.26. The molecule has 0 radical (unpaired) electrons. The van der Waals surface area contributed by atoms with Crippen LogP contribution in [0.5, 0.6) is 0 Å². The Labute approximate surface area is 127 Å². The van der Waals surface area contributed by atoms with Crippen LogP contribution in [0.15, 0.2) is 34.7 Å². The van der Waals surface area contributed by atoms with Crippen molar-refractivity contribution >= 4 is 11.6 Å². The monoisotopic (exact) mass is 283 g/mol. The van der Waals surface area contributed by atoms with E-state index in [0.717, 1.165) is 41.8 Å². The molecule has 0 bridgehead atoms. The van der Waals surface area contributed by atoms with Crippen molar-refractivity contribution < 1.29 is 0 Å². The molecule has 0 atom stereocenters. The number of hydrogen-bond donors (Lipinski definition) is 1. The molecule has 1 aliphatic rings. The standard InChI is InChI=1S/C19H25NO/c1-5-6-7-8-14(4)17-12-19(21)16-10-9-15(13(2)3)11-18(16)20-17/h6-8,11-13H,5,9-10H2,1-4H3,(H,20,21)/b7-6-,14-8+. The van der Waals surface area contributed by atoms with Crippen LogP contribution in [-0.4, -0.2) is 4.98 Å². The smallest absolute Gasteiger partial charge is 0.185 e. The lowest BCUT2D eigenvalue weighted by atomic mass is 9.89. The van der Waals surface area contributed by atoms with Crippen LogP contribution >= 0.6 is 0 Å². The molecule has 0 saturated heterocycles. The van der Waals surface area contributed by atoms with E-state index in [1.54, 1.807) is 6.07 Å². The summed E-state index contributed by atoms with van der Waals surface area (Å²) >= 11 is 0.